The lowest BCUT2D eigenvalue weighted by Crippen LogP contribution is -2.16. The molecule has 0 bridgehead atoms. The van der Waals surface area contributed by atoms with Gasteiger partial charge in [-0.25, -0.2) is 5.43 Å². The Morgan fingerprint density at radius 1 is 1.14 bits per heavy atom. The molecule has 0 saturated heterocycles. The van der Waals surface area contributed by atoms with Crippen LogP contribution in [0.2, 0.25) is 10.0 Å². The molecule has 0 fully saturated rings. The van der Waals surface area contributed by atoms with Crippen LogP contribution in [0.5, 0.6) is 11.5 Å². The first-order valence-electron chi connectivity index (χ1n) is 10.9. The maximum Gasteiger partial charge on any atom is 0.307 e. The van der Waals surface area contributed by atoms with E-state index in [9.17, 15) is 4.79 Å². The van der Waals surface area contributed by atoms with Crippen LogP contribution in [0.3, 0.4) is 0 Å². The number of rotatable bonds is 9. The van der Waals surface area contributed by atoms with Crippen LogP contribution < -0.4 is 14.9 Å². The molecule has 0 aliphatic heterocycles. The Morgan fingerprint density at radius 3 is 2.68 bits per heavy atom. The summed E-state index contributed by atoms with van der Waals surface area (Å²) in [5, 5.41) is 5.81. The van der Waals surface area contributed by atoms with Crippen LogP contribution in [-0.2, 0) is 13.0 Å². The summed E-state index contributed by atoms with van der Waals surface area (Å²) < 4.78 is 19.0. The maximum atomic E-state index is 12.6. The topological polar surface area (TPSA) is 73.1 Å². The summed E-state index contributed by atoms with van der Waals surface area (Å²) in [6.45, 7) is 4.10. The lowest BCUT2D eigenvalue weighted by atomic mass is 10.1. The Bertz CT molecular complexity index is 1520. The van der Waals surface area contributed by atoms with E-state index in [2.05, 4.69) is 49.0 Å². The quantitative estimate of drug-likeness (QED) is 0.111. The number of carbonyl (C=O) groups is 1. The zero-order chi connectivity index (χ0) is 26.5. The molecule has 1 N–H and O–H groups in total. The number of nitrogens with one attached hydrogen (secondary N) is 1. The van der Waals surface area contributed by atoms with E-state index in [0.29, 0.717) is 39.1 Å². The van der Waals surface area contributed by atoms with Crippen molar-refractivity contribution in [2.75, 3.05) is 7.11 Å². The fraction of sp³-hybridized carbons (Fsp3) is 0.111. The van der Waals surface area contributed by atoms with E-state index in [1.807, 2.05) is 24.3 Å². The van der Waals surface area contributed by atoms with Crippen LogP contribution in [0, 0.1) is 0 Å². The van der Waals surface area contributed by atoms with Crippen LogP contribution >= 0.6 is 55.1 Å². The van der Waals surface area contributed by atoms with Crippen LogP contribution in [0.25, 0.3) is 11.0 Å². The summed E-state index contributed by atoms with van der Waals surface area (Å²) in [6, 6.07) is 14.3. The molecule has 0 radical (unpaired) electrons. The number of hydrogen-bond donors (Lipinski definition) is 1. The van der Waals surface area contributed by atoms with Crippen molar-refractivity contribution in [2.45, 2.75) is 13.0 Å². The molecule has 4 rings (SSSR count). The highest BCUT2D eigenvalue weighted by Gasteiger charge is 2.15. The molecule has 0 saturated carbocycles. The van der Waals surface area contributed by atoms with Gasteiger partial charge in [-0.3, -0.25) is 4.79 Å². The molecule has 0 unspecified atom stereocenters. The van der Waals surface area contributed by atoms with Crippen molar-refractivity contribution in [3.05, 3.63) is 103 Å². The lowest BCUT2D eigenvalue weighted by Gasteiger charge is -2.16. The summed E-state index contributed by atoms with van der Waals surface area (Å²) in [7, 11) is 1.56. The second-order valence-electron chi connectivity index (χ2n) is 7.86. The number of nitrogens with zero attached hydrogens (tertiary/aromatic N) is 1. The molecule has 0 atom stereocenters. The molecular weight excluding hydrogens is 647 g/mol. The second-order valence-corrected chi connectivity index (χ2v) is 10.4. The summed E-state index contributed by atoms with van der Waals surface area (Å²) in [4.78, 5) is 12.6. The van der Waals surface area contributed by atoms with Crippen LogP contribution in [0.4, 0.5) is 0 Å². The van der Waals surface area contributed by atoms with Gasteiger partial charge >= 0.3 is 5.91 Å². The van der Waals surface area contributed by atoms with E-state index >= 15 is 0 Å². The number of benzene rings is 3. The van der Waals surface area contributed by atoms with Gasteiger partial charge in [0, 0.05) is 15.4 Å². The van der Waals surface area contributed by atoms with Crippen molar-refractivity contribution in [2.24, 2.45) is 5.10 Å². The monoisotopic (exact) mass is 664 g/mol. The maximum absolute atomic E-state index is 12.6. The fourth-order valence-corrected chi connectivity index (χ4v) is 5.23. The Hall–Kier alpha value is -2.78. The van der Waals surface area contributed by atoms with Gasteiger partial charge in [-0.05, 0) is 75.9 Å². The molecule has 3 aromatic carbocycles. The van der Waals surface area contributed by atoms with Crippen LogP contribution in [0.15, 0.2) is 79.6 Å². The molecule has 1 heterocycles. The lowest BCUT2D eigenvalue weighted by molar-refractivity contribution is 0.0929. The molecule has 0 aliphatic rings. The highest BCUT2D eigenvalue weighted by molar-refractivity contribution is 9.11. The van der Waals surface area contributed by atoms with Crippen molar-refractivity contribution in [1.29, 1.82) is 0 Å². The Labute approximate surface area is 240 Å². The first kappa shape index (κ1) is 27.3. The highest BCUT2D eigenvalue weighted by atomic mass is 79.9. The predicted molar refractivity (Wildman–Crippen MR) is 154 cm³/mol. The molecule has 190 valence electrons. The molecule has 1 amide bonds. The number of hydrazone groups is 1. The van der Waals surface area contributed by atoms with E-state index in [1.165, 1.54) is 6.21 Å². The zero-order valence-corrected chi connectivity index (χ0v) is 24.2. The van der Waals surface area contributed by atoms with Crippen molar-refractivity contribution >= 4 is 78.2 Å². The smallest absolute Gasteiger partial charge is 0.307 e. The number of fused-ring (bicyclic) bond motifs is 1. The molecule has 37 heavy (non-hydrogen) atoms. The van der Waals surface area contributed by atoms with Crippen molar-refractivity contribution < 1.29 is 18.7 Å². The predicted octanol–water partition coefficient (Wildman–Crippen LogP) is 8.34. The Kier molecular flexibility index (Phi) is 8.97. The van der Waals surface area contributed by atoms with Gasteiger partial charge in [0.15, 0.2) is 17.3 Å². The minimum atomic E-state index is -0.477. The number of methoxy groups -OCH3 is 1. The van der Waals surface area contributed by atoms with Gasteiger partial charge in [0.05, 0.1) is 27.8 Å². The average Bonchev–Trinajstić information content (AvgIpc) is 3.30. The number of ether oxygens (including phenoxy) is 2. The molecule has 6 nitrogen and oxygen atoms in total. The largest absolute Gasteiger partial charge is 0.493 e. The molecule has 0 spiro atoms. The van der Waals surface area contributed by atoms with Crippen LogP contribution in [-0.4, -0.2) is 19.2 Å². The first-order valence-corrected chi connectivity index (χ1v) is 13.2. The van der Waals surface area contributed by atoms with Gasteiger partial charge in [-0.2, -0.15) is 5.10 Å². The van der Waals surface area contributed by atoms with Gasteiger partial charge < -0.3 is 13.9 Å². The molecule has 0 aliphatic carbocycles. The molecule has 4 aromatic rings. The van der Waals surface area contributed by atoms with Gasteiger partial charge in [0.2, 0.25) is 0 Å². The van der Waals surface area contributed by atoms with Crippen LogP contribution in [0.1, 0.15) is 27.2 Å². The van der Waals surface area contributed by atoms with Gasteiger partial charge in [0.1, 0.15) is 12.2 Å². The number of hydrogen-bond acceptors (Lipinski definition) is 5. The van der Waals surface area contributed by atoms with Crippen molar-refractivity contribution in [3.63, 3.8) is 0 Å². The fourth-order valence-electron chi connectivity index (χ4n) is 3.57. The summed E-state index contributed by atoms with van der Waals surface area (Å²) in [5.74, 6) is 0.755. The molecule has 10 heteroatoms. The number of halogens is 4. The number of allylic oxidation sites excluding steroid dienone is 1. The normalized spacial score (nSPS) is 11.2. The highest BCUT2D eigenvalue weighted by Crippen LogP contribution is 2.35. The Morgan fingerprint density at radius 2 is 1.95 bits per heavy atom. The molecular formula is C27H20Br2Cl2N2O4. The minimum absolute atomic E-state index is 0.141. The van der Waals surface area contributed by atoms with Crippen molar-refractivity contribution in [1.82, 2.24) is 5.43 Å². The van der Waals surface area contributed by atoms with E-state index in [-0.39, 0.29) is 12.4 Å². The van der Waals surface area contributed by atoms with E-state index in [1.54, 1.807) is 37.5 Å². The molecule has 1 aromatic heterocycles. The summed E-state index contributed by atoms with van der Waals surface area (Å²) in [6.07, 6.45) is 3.82. The number of carbonyl (C=O) groups excluding carboxylic acids is 1. The summed E-state index contributed by atoms with van der Waals surface area (Å²) >= 11 is 19.0. The standard InChI is InChI=1S/C27H20Br2Cl2N2O4/c1-3-4-17-7-16(9-23(35-2)26(17)36-14-15-5-6-21(30)22(31)8-15)13-32-33-27(34)24-11-18-10-19(28)12-20(29)25(18)37-24/h3,5-13H,1,4,14H2,2H3,(H,33,34)/b32-13-. The number of amides is 1. The van der Waals surface area contributed by atoms with Crippen molar-refractivity contribution in [3.8, 4) is 11.5 Å². The first-order chi connectivity index (χ1) is 17.8. The number of furan rings is 1. The third-order valence-electron chi connectivity index (χ3n) is 5.24. The van der Waals surface area contributed by atoms with Gasteiger partial charge in [-0.1, -0.05) is 51.3 Å². The van der Waals surface area contributed by atoms with E-state index in [4.69, 9.17) is 37.1 Å². The second kappa shape index (κ2) is 12.2. The Balaban J connectivity index is 1.51. The SMILES string of the molecule is C=CCc1cc(/C=N\NC(=O)c2cc3cc(Br)cc(Br)c3o2)cc(OC)c1OCc1ccc(Cl)c(Cl)c1. The minimum Gasteiger partial charge on any atom is -0.493 e. The van der Waals surface area contributed by atoms with E-state index < -0.39 is 5.91 Å². The summed E-state index contributed by atoms with van der Waals surface area (Å²) in [5.41, 5.74) is 5.48. The van der Waals surface area contributed by atoms with E-state index in [0.717, 1.165) is 25.5 Å². The third-order valence-corrected chi connectivity index (χ3v) is 7.03. The third kappa shape index (κ3) is 6.57. The van der Waals surface area contributed by atoms with Gasteiger partial charge in [-0.15, -0.1) is 6.58 Å². The average molecular weight is 667 g/mol. The van der Waals surface area contributed by atoms with Gasteiger partial charge in [0.25, 0.3) is 0 Å². The zero-order valence-electron chi connectivity index (χ0n) is 19.5.